The molecule has 0 radical (unpaired) electrons. The van der Waals surface area contributed by atoms with Crippen LogP contribution in [0.25, 0.3) is 0 Å². The molecule has 2 N–H and O–H groups in total. The predicted octanol–water partition coefficient (Wildman–Crippen LogP) is -0.864. The van der Waals surface area contributed by atoms with Crippen molar-refractivity contribution in [3.8, 4) is 0 Å². The number of nitrogens with zero attached hydrogens (tertiary/aromatic N) is 1. The quantitative estimate of drug-likeness (QED) is 0.507. The Hall–Kier alpha value is -0.610. The van der Waals surface area contributed by atoms with Crippen molar-refractivity contribution in [1.82, 2.24) is 4.90 Å². The molecule has 2 unspecified atom stereocenters. The summed E-state index contributed by atoms with van der Waals surface area (Å²) in [5.74, 6) is -0.938. The predicted molar refractivity (Wildman–Crippen MR) is 34.7 cm³/mol. The molecule has 58 valence electrons. The minimum Gasteiger partial charge on any atom is -0.480 e. The van der Waals surface area contributed by atoms with Crippen LogP contribution in [0.3, 0.4) is 0 Å². The number of carboxylic acids is 1. The van der Waals surface area contributed by atoms with E-state index in [0.29, 0.717) is 6.04 Å². The van der Waals surface area contributed by atoms with E-state index in [9.17, 15) is 4.79 Å². The molecule has 4 heteroatoms. The van der Waals surface area contributed by atoms with Gasteiger partial charge in [-0.05, 0) is 6.92 Å². The van der Waals surface area contributed by atoms with Crippen LogP contribution >= 0.6 is 0 Å². The lowest BCUT2D eigenvalue weighted by molar-refractivity contribution is -0.142. The van der Waals surface area contributed by atoms with Crippen LogP contribution < -0.4 is 0 Å². The van der Waals surface area contributed by atoms with Crippen molar-refractivity contribution < 1.29 is 15.0 Å². The van der Waals surface area contributed by atoms with Gasteiger partial charge in [-0.3, -0.25) is 9.69 Å². The van der Waals surface area contributed by atoms with E-state index in [2.05, 4.69) is 0 Å². The summed E-state index contributed by atoms with van der Waals surface area (Å²) >= 11 is 0. The Morgan fingerprint density at radius 2 is 2.40 bits per heavy atom. The normalized spacial score (nSPS) is 33.4. The molecule has 0 aromatic heterocycles. The van der Waals surface area contributed by atoms with E-state index in [4.69, 9.17) is 10.2 Å². The van der Waals surface area contributed by atoms with Crippen molar-refractivity contribution >= 4 is 5.97 Å². The lowest BCUT2D eigenvalue weighted by atomic mass is 10.3. The molecule has 1 aliphatic rings. The van der Waals surface area contributed by atoms with Crippen molar-refractivity contribution in [3.05, 3.63) is 0 Å². The molecule has 3 atom stereocenters. The molecule has 0 aromatic carbocycles. The average Bonchev–Trinajstić information content (AvgIpc) is 2.48. The Morgan fingerprint density at radius 1 is 1.90 bits per heavy atom. The minimum atomic E-state index is -0.938. The van der Waals surface area contributed by atoms with Crippen LogP contribution in [0.5, 0.6) is 0 Å². The molecule has 0 saturated carbocycles. The monoisotopic (exact) mass is 145 g/mol. The molecule has 0 aliphatic carbocycles. The van der Waals surface area contributed by atoms with Crippen molar-refractivity contribution in [2.24, 2.45) is 0 Å². The lowest BCUT2D eigenvalue weighted by Gasteiger charge is -2.09. The molecule has 1 fully saturated rings. The van der Waals surface area contributed by atoms with Crippen molar-refractivity contribution in [1.29, 1.82) is 0 Å². The molecular weight excluding hydrogens is 134 g/mol. The van der Waals surface area contributed by atoms with E-state index in [1.807, 2.05) is 6.92 Å². The highest BCUT2D eigenvalue weighted by molar-refractivity contribution is 5.74. The molecule has 1 rings (SSSR count). The van der Waals surface area contributed by atoms with Gasteiger partial charge in [0.2, 0.25) is 0 Å². The first-order valence-electron chi connectivity index (χ1n) is 3.26. The van der Waals surface area contributed by atoms with Gasteiger partial charge < -0.3 is 10.2 Å². The fraction of sp³-hybridized carbons (Fsp3) is 0.833. The van der Waals surface area contributed by atoms with E-state index in [1.165, 1.54) is 0 Å². The van der Waals surface area contributed by atoms with Gasteiger partial charge in [0.25, 0.3) is 0 Å². The van der Waals surface area contributed by atoms with Gasteiger partial charge in [0.15, 0.2) is 0 Å². The number of aliphatic hydroxyl groups is 1. The van der Waals surface area contributed by atoms with E-state index in [1.54, 1.807) is 4.90 Å². The average molecular weight is 145 g/mol. The summed E-state index contributed by atoms with van der Waals surface area (Å²) in [5.41, 5.74) is 0. The first-order chi connectivity index (χ1) is 4.66. The molecule has 0 aromatic rings. The fourth-order valence-electron chi connectivity index (χ4n) is 1.02. The van der Waals surface area contributed by atoms with E-state index in [-0.39, 0.29) is 6.61 Å². The smallest absolute Gasteiger partial charge is 0.323 e. The third-order valence-electron chi connectivity index (χ3n) is 1.77. The zero-order chi connectivity index (χ0) is 7.72. The summed E-state index contributed by atoms with van der Waals surface area (Å²) in [6, 6.07) is -0.358. The summed E-state index contributed by atoms with van der Waals surface area (Å²) in [6.07, 6.45) is 0. The Bertz CT molecular complexity index is 148. The Labute approximate surface area is 59.1 Å². The zero-order valence-corrected chi connectivity index (χ0v) is 5.82. The van der Waals surface area contributed by atoms with Crippen molar-refractivity contribution in [3.63, 3.8) is 0 Å². The summed E-state index contributed by atoms with van der Waals surface area (Å²) in [6.45, 7) is 2.43. The standard InChI is InChI=1S/C6H11NO3/c1-4-2-7(4)5(3-8)6(9)10/h4-5,8H,2-3H2,1H3,(H,9,10)/t4?,5-,7?/m0/s1. The maximum atomic E-state index is 10.4. The molecule has 1 heterocycles. The first-order valence-corrected chi connectivity index (χ1v) is 3.26. The highest BCUT2D eigenvalue weighted by Crippen LogP contribution is 2.19. The molecule has 0 amide bonds. The van der Waals surface area contributed by atoms with Gasteiger partial charge in [0, 0.05) is 12.6 Å². The van der Waals surface area contributed by atoms with Crippen LogP contribution in [0.15, 0.2) is 0 Å². The van der Waals surface area contributed by atoms with Crippen molar-refractivity contribution in [2.75, 3.05) is 13.2 Å². The summed E-state index contributed by atoms with van der Waals surface area (Å²) < 4.78 is 0. The summed E-state index contributed by atoms with van der Waals surface area (Å²) in [5, 5.41) is 17.1. The van der Waals surface area contributed by atoms with Gasteiger partial charge in [-0.25, -0.2) is 0 Å². The highest BCUT2D eigenvalue weighted by Gasteiger charge is 2.39. The van der Waals surface area contributed by atoms with Gasteiger partial charge in [0.1, 0.15) is 6.04 Å². The SMILES string of the molecule is CC1CN1[C@@H](CO)C(=O)O. The number of rotatable bonds is 3. The van der Waals surface area contributed by atoms with Crippen LogP contribution in [0, 0.1) is 0 Å². The molecule has 4 nitrogen and oxygen atoms in total. The number of carbonyl (C=O) groups is 1. The Kier molecular flexibility index (Phi) is 1.92. The van der Waals surface area contributed by atoms with Crippen LogP contribution in [0.4, 0.5) is 0 Å². The maximum absolute atomic E-state index is 10.4. The van der Waals surface area contributed by atoms with Crippen LogP contribution in [0.2, 0.25) is 0 Å². The lowest BCUT2D eigenvalue weighted by Crippen LogP contribution is -2.33. The van der Waals surface area contributed by atoms with Crippen LogP contribution in [0.1, 0.15) is 6.92 Å². The molecule has 10 heavy (non-hydrogen) atoms. The number of hydrogen-bond acceptors (Lipinski definition) is 3. The molecular formula is C6H11NO3. The maximum Gasteiger partial charge on any atom is 0.323 e. The third kappa shape index (κ3) is 1.27. The van der Waals surface area contributed by atoms with E-state index < -0.39 is 12.0 Å². The number of aliphatic hydroxyl groups excluding tert-OH is 1. The molecule has 0 bridgehead atoms. The number of hydrogen-bond donors (Lipinski definition) is 2. The van der Waals surface area contributed by atoms with E-state index >= 15 is 0 Å². The summed E-state index contributed by atoms with van der Waals surface area (Å²) in [4.78, 5) is 12.1. The summed E-state index contributed by atoms with van der Waals surface area (Å²) in [7, 11) is 0. The second kappa shape index (κ2) is 2.56. The molecule has 0 spiro atoms. The second-order valence-electron chi connectivity index (χ2n) is 2.58. The van der Waals surface area contributed by atoms with Crippen LogP contribution in [-0.2, 0) is 4.79 Å². The molecule has 1 saturated heterocycles. The number of aliphatic carboxylic acids is 1. The fourth-order valence-corrected chi connectivity index (χ4v) is 1.02. The topological polar surface area (TPSA) is 60.5 Å². The minimum absolute atomic E-state index is 0.292. The van der Waals surface area contributed by atoms with Crippen molar-refractivity contribution in [2.45, 2.75) is 19.0 Å². The van der Waals surface area contributed by atoms with Gasteiger partial charge >= 0.3 is 5.97 Å². The molecule has 1 aliphatic heterocycles. The second-order valence-corrected chi connectivity index (χ2v) is 2.58. The highest BCUT2D eigenvalue weighted by atomic mass is 16.4. The van der Waals surface area contributed by atoms with Gasteiger partial charge in [-0.1, -0.05) is 0 Å². The zero-order valence-electron chi connectivity index (χ0n) is 5.82. The Balaban J connectivity index is 2.42. The first kappa shape index (κ1) is 7.50. The number of carboxylic acid groups (broad SMARTS) is 1. The third-order valence-corrected chi connectivity index (χ3v) is 1.77. The van der Waals surface area contributed by atoms with Crippen LogP contribution in [-0.4, -0.2) is 46.3 Å². The Morgan fingerprint density at radius 3 is 2.50 bits per heavy atom. The van der Waals surface area contributed by atoms with Gasteiger partial charge in [0.05, 0.1) is 6.61 Å². The van der Waals surface area contributed by atoms with Gasteiger partial charge in [-0.2, -0.15) is 0 Å². The largest absolute Gasteiger partial charge is 0.480 e. The van der Waals surface area contributed by atoms with Gasteiger partial charge in [-0.15, -0.1) is 0 Å². The van der Waals surface area contributed by atoms with E-state index in [0.717, 1.165) is 6.54 Å².